The van der Waals surface area contributed by atoms with Crippen LogP contribution in [-0.4, -0.2) is 87.0 Å². The number of hydrogen-bond donors (Lipinski definition) is 5. The molecule has 1 rings (SSSR count). The molecular formula is C12H20O10. The molecule has 6 atom stereocenters. The number of hydrogen-bond acceptors (Lipinski definition) is 10. The lowest BCUT2D eigenvalue weighted by molar-refractivity contribution is -0.191. The second kappa shape index (κ2) is 9.43. The molecule has 128 valence electrons. The zero-order valence-corrected chi connectivity index (χ0v) is 12.0. The summed E-state index contributed by atoms with van der Waals surface area (Å²) in [7, 11) is 0. The number of carbonyl (C=O) groups is 3. The molecule has 5 N–H and O–H groups in total. The highest BCUT2D eigenvalue weighted by atomic mass is 16.6. The van der Waals surface area contributed by atoms with Gasteiger partial charge in [0, 0.05) is 0 Å². The van der Waals surface area contributed by atoms with Gasteiger partial charge in [-0.15, -0.1) is 0 Å². The average Bonchev–Trinajstić information content (AvgIpc) is 2.50. The van der Waals surface area contributed by atoms with Crippen molar-refractivity contribution in [3.63, 3.8) is 0 Å². The fraction of sp³-hybridized carbons (Fsp3) is 0.750. The molecule has 0 aromatic heterocycles. The van der Waals surface area contributed by atoms with Gasteiger partial charge in [0.15, 0.2) is 18.5 Å². The first-order valence-corrected chi connectivity index (χ1v) is 6.35. The first kappa shape index (κ1) is 20.4. The largest absolute Gasteiger partial charge is 0.448 e. The third-order valence-electron chi connectivity index (χ3n) is 2.67. The predicted molar refractivity (Wildman–Crippen MR) is 68.3 cm³/mol. The van der Waals surface area contributed by atoms with Gasteiger partial charge in [-0.1, -0.05) is 0 Å². The molecule has 2 unspecified atom stereocenters. The maximum atomic E-state index is 10.7. The number of carbonyl (C=O) groups excluding carboxylic acids is 3. The molecule has 0 bridgehead atoms. The summed E-state index contributed by atoms with van der Waals surface area (Å²) in [6, 6.07) is 0. The van der Waals surface area contributed by atoms with Crippen molar-refractivity contribution in [2.75, 3.05) is 6.61 Å². The Morgan fingerprint density at radius 2 is 1.41 bits per heavy atom. The van der Waals surface area contributed by atoms with E-state index in [1.807, 2.05) is 0 Å². The zero-order chi connectivity index (χ0) is 17.4. The molecule has 0 aromatic carbocycles. The Morgan fingerprint density at radius 1 is 1.00 bits per heavy atom. The predicted octanol–water partition coefficient (Wildman–Crippen LogP) is -3.52. The zero-order valence-electron chi connectivity index (χ0n) is 12.0. The Morgan fingerprint density at radius 3 is 1.73 bits per heavy atom. The van der Waals surface area contributed by atoms with E-state index in [0.29, 0.717) is 0 Å². The topological polar surface area (TPSA) is 171 Å². The van der Waals surface area contributed by atoms with E-state index in [1.165, 1.54) is 13.8 Å². The van der Waals surface area contributed by atoms with Crippen LogP contribution < -0.4 is 0 Å². The monoisotopic (exact) mass is 324 g/mol. The average molecular weight is 324 g/mol. The third-order valence-corrected chi connectivity index (χ3v) is 2.67. The second-order valence-corrected chi connectivity index (χ2v) is 4.52. The minimum atomic E-state index is -1.79. The molecule has 0 spiro atoms. The Labute approximate surface area is 125 Å². The van der Waals surface area contributed by atoms with E-state index in [2.05, 4.69) is 9.47 Å². The van der Waals surface area contributed by atoms with Crippen LogP contribution in [0.5, 0.6) is 0 Å². The van der Waals surface area contributed by atoms with E-state index in [-0.39, 0.29) is 6.29 Å². The minimum absolute atomic E-state index is 0.0258. The Hall–Kier alpha value is -1.59. The number of aliphatic hydroxyl groups excluding tert-OH is 5. The first-order chi connectivity index (χ1) is 10.1. The standard InChI is InChI=1S/C6H12O6.C6H8O4/c7-1-3(9)5(11)6(12)4(10)2-8;1-3-5(7)10-4(2)6(8)9-3/h1,3-6,8-12H,2H2;3-4H,1-2H3/t3-,4+,5+,6+;/m0./s1. The van der Waals surface area contributed by atoms with Gasteiger partial charge in [-0.05, 0) is 13.8 Å². The van der Waals surface area contributed by atoms with Gasteiger partial charge in [-0.3, -0.25) is 0 Å². The third kappa shape index (κ3) is 6.03. The molecule has 10 nitrogen and oxygen atoms in total. The lowest BCUT2D eigenvalue weighted by Crippen LogP contribution is -2.46. The molecule has 0 aromatic rings. The van der Waals surface area contributed by atoms with Gasteiger partial charge in [-0.25, -0.2) is 9.59 Å². The van der Waals surface area contributed by atoms with E-state index in [0.717, 1.165) is 0 Å². The summed E-state index contributed by atoms with van der Waals surface area (Å²) < 4.78 is 9.19. The van der Waals surface area contributed by atoms with Crippen LogP contribution >= 0.6 is 0 Å². The lowest BCUT2D eigenvalue weighted by atomic mass is 10.0. The van der Waals surface area contributed by atoms with Crippen molar-refractivity contribution in [3.8, 4) is 0 Å². The summed E-state index contributed by atoms with van der Waals surface area (Å²) in [6.07, 6.45) is -8.33. The highest BCUT2D eigenvalue weighted by Gasteiger charge is 2.32. The summed E-state index contributed by atoms with van der Waals surface area (Å²) in [4.78, 5) is 31.2. The fourth-order valence-electron chi connectivity index (χ4n) is 1.25. The molecule has 0 amide bonds. The number of aldehydes is 1. The van der Waals surface area contributed by atoms with Gasteiger partial charge in [0.25, 0.3) is 0 Å². The van der Waals surface area contributed by atoms with E-state index < -0.39 is 55.2 Å². The molecule has 1 fully saturated rings. The molecule has 22 heavy (non-hydrogen) atoms. The SMILES string of the molecule is CC1OC(=O)C(C)OC1=O.O=C[C@H](O)[C@@H](O)[C@H](O)[C@H](O)CO. The quantitative estimate of drug-likeness (QED) is 0.252. The van der Waals surface area contributed by atoms with E-state index in [4.69, 9.17) is 25.5 Å². The van der Waals surface area contributed by atoms with Gasteiger partial charge < -0.3 is 39.8 Å². The second-order valence-electron chi connectivity index (χ2n) is 4.52. The van der Waals surface area contributed by atoms with E-state index in [9.17, 15) is 14.4 Å². The van der Waals surface area contributed by atoms with Crippen LogP contribution in [-0.2, 0) is 23.9 Å². The van der Waals surface area contributed by atoms with Crippen LogP contribution in [0.2, 0.25) is 0 Å². The van der Waals surface area contributed by atoms with Crippen LogP contribution in [0.1, 0.15) is 13.8 Å². The minimum Gasteiger partial charge on any atom is -0.448 e. The van der Waals surface area contributed by atoms with Crippen molar-refractivity contribution in [1.82, 2.24) is 0 Å². The first-order valence-electron chi connectivity index (χ1n) is 6.35. The highest BCUT2D eigenvalue weighted by Crippen LogP contribution is 2.08. The van der Waals surface area contributed by atoms with E-state index >= 15 is 0 Å². The molecule has 0 radical (unpaired) electrons. The Balaban J connectivity index is 0.000000406. The van der Waals surface area contributed by atoms with Crippen molar-refractivity contribution >= 4 is 18.2 Å². The maximum Gasteiger partial charge on any atom is 0.347 e. The summed E-state index contributed by atoms with van der Waals surface area (Å²) in [5, 5.41) is 43.5. The van der Waals surface area contributed by atoms with Crippen LogP contribution in [0.3, 0.4) is 0 Å². The van der Waals surface area contributed by atoms with Crippen molar-refractivity contribution in [2.24, 2.45) is 0 Å². The molecule has 0 aliphatic carbocycles. The number of aliphatic hydroxyl groups is 5. The van der Waals surface area contributed by atoms with E-state index in [1.54, 1.807) is 0 Å². The molecular weight excluding hydrogens is 304 g/mol. The van der Waals surface area contributed by atoms with Crippen LogP contribution in [0.15, 0.2) is 0 Å². The smallest absolute Gasteiger partial charge is 0.347 e. The fourth-order valence-corrected chi connectivity index (χ4v) is 1.25. The molecule has 10 heteroatoms. The molecule has 1 saturated heterocycles. The van der Waals surface area contributed by atoms with Gasteiger partial charge >= 0.3 is 11.9 Å². The Kier molecular flexibility index (Phi) is 8.75. The van der Waals surface area contributed by atoms with Crippen molar-refractivity contribution in [2.45, 2.75) is 50.5 Å². The van der Waals surface area contributed by atoms with Gasteiger partial charge in [0.2, 0.25) is 0 Å². The summed E-state index contributed by atoms with van der Waals surface area (Å²) in [5.74, 6) is -0.959. The molecule has 0 saturated carbocycles. The number of rotatable bonds is 5. The number of cyclic esters (lactones) is 2. The highest BCUT2D eigenvalue weighted by molar-refractivity contribution is 5.86. The maximum absolute atomic E-state index is 10.7. The summed E-state index contributed by atoms with van der Waals surface area (Å²) >= 11 is 0. The van der Waals surface area contributed by atoms with Gasteiger partial charge in [-0.2, -0.15) is 0 Å². The van der Waals surface area contributed by atoms with Crippen LogP contribution in [0, 0.1) is 0 Å². The van der Waals surface area contributed by atoms with Crippen molar-refractivity contribution in [3.05, 3.63) is 0 Å². The molecule has 1 heterocycles. The normalized spacial score (nSPS) is 26.5. The molecule has 1 aliphatic rings. The lowest BCUT2D eigenvalue weighted by Gasteiger charge is -2.22. The number of esters is 2. The Bertz CT molecular complexity index is 364. The van der Waals surface area contributed by atoms with Crippen LogP contribution in [0.25, 0.3) is 0 Å². The summed E-state index contributed by atoms with van der Waals surface area (Å²) in [6.45, 7) is 2.20. The van der Waals surface area contributed by atoms with Crippen molar-refractivity contribution in [1.29, 1.82) is 0 Å². The summed E-state index contributed by atoms with van der Waals surface area (Å²) in [5.41, 5.74) is 0. The molecule has 1 aliphatic heterocycles. The van der Waals surface area contributed by atoms with Gasteiger partial charge in [0.1, 0.15) is 24.4 Å². The van der Waals surface area contributed by atoms with Gasteiger partial charge in [0.05, 0.1) is 6.61 Å². The van der Waals surface area contributed by atoms with Crippen molar-refractivity contribution < 1.29 is 49.4 Å². The van der Waals surface area contributed by atoms with Crippen LogP contribution in [0.4, 0.5) is 0 Å². The number of ether oxygens (including phenoxy) is 2.